The molecule has 5 aromatic rings. The maximum atomic E-state index is 15.8. The number of nitrogen functional groups attached to an aromatic ring is 1. The molecular weight excluding hydrogens is 755 g/mol. The number of nitrogens with one attached hydrogen (secondary N) is 2. The second-order valence-electron chi connectivity index (χ2n) is 15.1. The fourth-order valence-electron chi connectivity index (χ4n) is 8.46. The van der Waals surface area contributed by atoms with Crippen LogP contribution in [0.4, 0.5) is 22.0 Å². The van der Waals surface area contributed by atoms with Gasteiger partial charge in [-0.2, -0.15) is 0 Å². The number of halogens is 2. The largest absolute Gasteiger partial charge is 0.492 e. The average Bonchev–Trinajstić information content (AvgIpc) is 3.72. The van der Waals surface area contributed by atoms with Crippen LogP contribution in [0.25, 0.3) is 16.8 Å². The van der Waals surface area contributed by atoms with E-state index in [1.807, 2.05) is 10.5 Å². The lowest BCUT2D eigenvalue weighted by molar-refractivity contribution is -0.136. The van der Waals surface area contributed by atoms with E-state index in [1.165, 1.54) is 29.3 Å². The van der Waals surface area contributed by atoms with Crippen molar-refractivity contribution in [2.24, 2.45) is 5.41 Å². The van der Waals surface area contributed by atoms with E-state index in [0.717, 1.165) is 57.2 Å². The predicted molar refractivity (Wildman–Crippen MR) is 208 cm³/mol. The van der Waals surface area contributed by atoms with Gasteiger partial charge in [0, 0.05) is 86.0 Å². The molecule has 7 heterocycles. The first-order valence-corrected chi connectivity index (χ1v) is 19.1. The van der Waals surface area contributed by atoms with Crippen LogP contribution in [-0.2, 0) is 16.1 Å². The number of ether oxygens (including phenoxy) is 1. The number of rotatable bonds is 9. The van der Waals surface area contributed by atoms with Crippen LogP contribution in [-0.4, -0.2) is 98.2 Å². The number of nitrogens with zero attached hydrogens (tertiary/aromatic N) is 7. The third-order valence-electron chi connectivity index (χ3n) is 11.4. The number of hydrogen-bond donors (Lipinski definition) is 3. The van der Waals surface area contributed by atoms with Crippen molar-refractivity contribution < 1.29 is 28.3 Å². The summed E-state index contributed by atoms with van der Waals surface area (Å²) in [6.45, 7) is 4.97. The number of nitrogens with two attached hydrogens (primary N) is 1. The molecule has 1 atom stereocenters. The van der Waals surface area contributed by atoms with Gasteiger partial charge in [0.2, 0.25) is 17.8 Å². The lowest BCUT2D eigenvalue weighted by Gasteiger charge is -2.54. The van der Waals surface area contributed by atoms with Gasteiger partial charge in [-0.25, -0.2) is 19.3 Å². The number of amides is 4. The van der Waals surface area contributed by atoms with Crippen LogP contribution >= 0.6 is 11.6 Å². The Morgan fingerprint density at radius 3 is 2.61 bits per heavy atom. The van der Waals surface area contributed by atoms with Gasteiger partial charge in [-0.1, -0.05) is 11.6 Å². The summed E-state index contributed by atoms with van der Waals surface area (Å²) in [7, 11) is 0. The molecule has 57 heavy (non-hydrogen) atoms. The second kappa shape index (κ2) is 14.4. The van der Waals surface area contributed by atoms with Crippen LogP contribution in [0.15, 0.2) is 67.1 Å². The molecule has 1 spiro atoms. The third-order valence-corrected chi connectivity index (χ3v) is 11.6. The number of piperidine rings is 2. The van der Waals surface area contributed by atoms with E-state index in [0.29, 0.717) is 53.1 Å². The van der Waals surface area contributed by atoms with Crippen LogP contribution in [0.1, 0.15) is 52.0 Å². The molecule has 1 unspecified atom stereocenters. The molecule has 0 saturated carbocycles. The zero-order chi connectivity index (χ0) is 39.4. The number of likely N-dealkylation sites (tertiary alicyclic amines) is 1. The number of fused-ring (bicyclic) bond motifs is 2. The Kier molecular flexibility index (Phi) is 9.24. The van der Waals surface area contributed by atoms with Crippen LogP contribution in [0.5, 0.6) is 5.75 Å². The molecular formula is C40H38ClFN10O5. The Balaban J connectivity index is 0.803. The molecule has 0 radical (unpaired) electrons. The topological polar surface area (TPSA) is 180 Å². The minimum atomic E-state index is -0.652. The minimum absolute atomic E-state index is 0.108. The third kappa shape index (κ3) is 6.88. The first-order chi connectivity index (χ1) is 27.5. The molecule has 2 aromatic carbocycles. The lowest BCUT2D eigenvalue weighted by atomic mass is 9.72. The van der Waals surface area contributed by atoms with E-state index in [2.05, 4.69) is 30.4 Å². The number of pyridine rings is 1. The molecule has 4 aliphatic heterocycles. The van der Waals surface area contributed by atoms with Crippen molar-refractivity contribution in [3.8, 4) is 17.0 Å². The van der Waals surface area contributed by atoms with Crippen molar-refractivity contribution in [2.75, 3.05) is 55.3 Å². The summed E-state index contributed by atoms with van der Waals surface area (Å²) < 4.78 is 23.7. The molecule has 4 amide bonds. The first-order valence-electron chi connectivity index (χ1n) is 18.8. The Hall–Kier alpha value is -6.13. The van der Waals surface area contributed by atoms with Gasteiger partial charge in [-0.05, 0) is 78.8 Å². The van der Waals surface area contributed by atoms with E-state index in [4.69, 9.17) is 27.1 Å². The van der Waals surface area contributed by atoms with E-state index in [1.54, 1.807) is 30.6 Å². The standard InChI is InChI=1S/C40H38ClFN10O5/c41-25-7-10-44-31(19-25)46-36(54)23-1-3-28(29(42)18-23)33-34-35(43)45-11-14-51(34)39(48-33)50-12-8-40(9-13-50)21-49(22-40)15-16-57-26-2-4-27-24(17-26)20-52(38(27)56)30-5-6-32(53)47-37(30)55/h1-4,7,10-11,14,17-19,30H,5-6,8-9,12-13,15-16,20-22H2,(H2,43,45)(H,44,46,54)(H,47,53,55). The number of hydrogen-bond acceptors (Lipinski definition) is 11. The van der Waals surface area contributed by atoms with Gasteiger partial charge in [-0.3, -0.25) is 33.8 Å². The summed E-state index contributed by atoms with van der Waals surface area (Å²) in [5.74, 6) is -0.318. The summed E-state index contributed by atoms with van der Waals surface area (Å²) in [6.07, 6.45) is 7.29. The molecule has 17 heteroatoms. The molecule has 9 rings (SSSR count). The SMILES string of the molecule is Nc1nccn2c(N3CCC4(CC3)CN(CCOc3ccc5c(c3)CN(C3CCC(=O)NC3=O)C5=O)C4)nc(-c3ccc(C(=O)Nc4cc(Cl)ccn4)cc3F)c12. The summed E-state index contributed by atoms with van der Waals surface area (Å²) >= 11 is 6.00. The Morgan fingerprint density at radius 2 is 1.84 bits per heavy atom. The molecule has 15 nitrogen and oxygen atoms in total. The first kappa shape index (κ1) is 36.5. The minimum Gasteiger partial charge on any atom is -0.492 e. The maximum absolute atomic E-state index is 15.8. The molecule has 292 valence electrons. The number of imide groups is 1. The Bertz CT molecular complexity index is 2460. The number of imidazole rings is 1. The summed E-state index contributed by atoms with van der Waals surface area (Å²) in [5.41, 5.74) is 9.04. The molecule has 0 bridgehead atoms. The van der Waals surface area contributed by atoms with Gasteiger partial charge < -0.3 is 25.6 Å². The van der Waals surface area contributed by atoms with E-state index >= 15 is 4.39 Å². The lowest BCUT2D eigenvalue weighted by Crippen LogP contribution is -2.61. The van der Waals surface area contributed by atoms with E-state index in [-0.39, 0.29) is 46.4 Å². The van der Waals surface area contributed by atoms with E-state index < -0.39 is 23.7 Å². The monoisotopic (exact) mass is 792 g/mol. The number of aromatic nitrogens is 4. The van der Waals surface area contributed by atoms with Crippen molar-refractivity contribution in [3.63, 3.8) is 0 Å². The highest BCUT2D eigenvalue weighted by molar-refractivity contribution is 6.30. The molecule has 3 fully saturated rings. The Morgan fingerprint density at radius 1 is 1.04 bits per heavy atom. The quantitative estimate of drug-likeness (QED) is 0.183. The number of anilines is 3. The predicted octanol–water partition coefficient (Wildman–Crippen LogP) is 4.16. The fourth-order valence-corrected chi connectivity index (χ4v) is 8.62. The normalized spacial score (nSPS) is 19.1. The van der Waals surface area contributed by atoms with Crippen molar-refractivity contribution >= 4 is 58.3 Å². The average molecular weight is 793 g/mol. The highest BCUT2D eigenvalue weighted by Gasteiger charge is 2.45. The van der Waals surface area contributed by atoms with Crippen molar-refractivity contribution in [1.82, 2.24) is 34.5 Å². The Labute approximate surface area is 331 Å². The molecule has 3 aromatic heterocycles. The van der Waals surface area contributed by atoms with Gasteiger partial charge in [0.05, 0.1) is 0 Å². The molecule has 4 aliphatic rings. The molecule has 4 N–H and O–H groups in total. The van der Waals surface area contributed by atoms with Gasteiger partial charge in [0.15, 0.2) is 0 Å². The van der Waals surface area contributed by atoms with Crippen molar-refractivity contribution in [1.29, 1.82) is 0 Å². The van der Waals surface area contributed by atoms with Crippen LogP contribution in [0.2, 0.25) is 5.02 Å². The number of carbonyl (C=O) groups is 4. The summed E-state index contributed by atoms with van der Waals surface area (Å²) in [5, 5.41) is 5.38. The van der Waals surface area contributed by atoms with Crippen LogP contribution in [0.3, 0.4) is 0 Å². The number of benzene rings is 2. The van der Waals surface area contributed by atoms with Crippen molar-refractivity contribution in [3.05, 3.63) is 94.7 Å². The van der Waals surface area contributed by atoms with Gasteiger partial charge in [0.1, 0.15) is 47.1 Å². The van der Waals surface area contributed by atoms with Crippen molar-refractivity contribution in [2.45, 2.75) is 38.3 Å². The van der Waals surface area contributed by atoms with E-state index in [9.17, 15) is 19.2 Å². The molecule has 0 aliphatic carbocycles. The zero-order valence-corrected chi connectivity index (χ0v) is 31.5. The fraction of sp³-hybridized carbons (Fsp3) is 0.325. The highest BCUT2D eigenvalue weighted by Crippen LogP contribution is 2.42. The summed E-state index contributed by atoms with van der Waals surface area (Å²) in [6, 6.07) is 12.1. The zero-order valence-electron chi connectivity index (χ0n) is 30.7. The highest BCUT2D eigenvalue weighted by atomic mass is 35.5. The maximum Gasteiger partial charge on any atom is 0.256 e. The number of carbonyl (C=O) groups excluding carboxylic acids is 4. The van der Waals surface area contributed by atoms with Gasteiger partial charge in [0.25, 0.3) is 11.8 Å². The van der Waals surface area contributed by atoms with Gasteiger partial charge in [-0.15, -0.1) is 0 Å². The summed E-state index contributed by atoms with van der Waals surface area (Å²) in [4.78, 5) is 69.2. The molecule has 3 saturated heterocycles. The van der Waals surface area contributed by atoms with Crippen LogP contribution < -0.4 is 26.0 Å². The van der Waals surface area contributed by atoms with Crippen LogP contribution in [0, 0.1) is 11.2 Å². The second-order valence-corrected chi connectivity index (χ2v) is 15.5. The van der Waals surface area contributed by atoms with Gasteiger partial charge >= 0.3 is 0 Å². The smallest absolute Gasteiger partial charge is 0.256 e.